The number of carbonyl (C=O) groups excluding carboxylic acids is 2. The molecule has 1 saturated heterocycles. The summed E-state index contributed by atoms with van der Waals surface area (Å²) in [6.07, 6.45) is 1.68. The molecule has 0 spiro atoms. The van der Waals surface area contributed by atoms with E-state index in [0.29, 0.717) is 37.4 Å². The average molecular weight is 371 g/mol. The normalized spacial score (nSPS) is 14.9. The second kappa shape index (κ2) is 8.22. The Hall–Kier alpha value is -2.87. The number of benzene rings is 1. The van der Waals surface area contributed by atoms with Gasteiger partial charge in [0.1, 0.15) is 5.69 Å². The molecule has 1 aromatic heterocycles. The lowest BCUT2D eigenvalue weighted by Gasteiger charge is -2.29. The number of aliphatic hydroxyl groups is 1. The number of aliphatic hydroxyl groups excluding tert-OH is 1. The smallest absolute Gasteiger partial charge is 0.323 e. The maximum Gasteiger partial charge on any atom is 0.323 e. The van der Waals surface area contributed by atoms with Gasteiger partial charge in [-0.3, -0.25) is 14.8 Å². The van der Waals surface area contributed by atoms with Gasteiger partial charge >= 0.3 is 6.03 Å². The van der Waals surface area contributed by atoms with Crippen LogP contribution in [0.25, 0.3) is 0 Å². The Balaban J connectivity index is 1.64. The van der Waals surface area contributed by atoms with E-state index in [1.54, 1.807) is 18.0 Å². The molecule has 144 valence electrons. The maximum atomic E-state index is 12.5. The van der Waals surface area contributed by atoms with E-state index in [-0.39, 0.29) is 18.0 Å². The van der Waals surface area contributed by atoms with Gasteiger partial charge in [-0.1, -0.05) is 19.1 Å². The third kappa shape index (κ3) is 4.65. The molecule has 0 bridgehead atoms. The Morgan fingerprint density at radius 2 is 1.96 bits per heavy atom. The number of amides is 3. The fourth-order valence-electron chi connectivity index (χ4n) is 3.06. The average Bonchev–Trinajstić information content (AvgIpc) is 3.02. The first-order valence-corrected chi connectivity index (χ1v) is 9.14. The number of aromatic nitrogens is 2. The molecule has 27 heavy (non-hydrogen) atoms. The van der Waals surface area contributed by atoms with Crippen molar-refractivity contribution in [2.24, 2.45) is 7.05 Å². The molecule has 1 aliphatic rings. The minimum absolute atomic E-state index is 0.275. The second-order valence-corrected chi connectivity index (χ2v) is 6.69. The highest BCUT2D eigenvalue weighted by Crippen LogP contribution is 2.16. The van der Waals surface area contributed by atoms with E-state index in [4.69, 9.17) is 0 Å². The molecule has 3 N–H and O–H groups in total. The minimum Gasteiger partial charge on any atom is -0.393 e. The van der Waals surface area contributed by atoms with Gasteiger partial charge in [0.2, 0.25) is 0 Å². The molecule has 0 unspecified atom stereocenters. The summed E-state index contributed by atoms with van der Waals surface area (Å²) < 4.78 is 1.44. The highest BCUT2D eigenvalue weighted by molar-refractivity contribution is 6.04. The molecule has 8 heteroatoms. The number of urea groups is 1. The van der Waals surface area contributed by atoms with Crippen LogP contribution in [0, 0.1) is 0 Å². The number of piperidine rings is 1. The first kappa shape index (κ1) is 18.9. The molecule has 8 nitrogen and oxygen atoms in total. The SMILES string of the molecule is CCc1cccc(NC(=O)c2cc(NC(=O)N3CCC(O)CC3)nn2C)c1. The van der Waals surface area contributed by atoms with Crippen molar-refractivity contribution in [2.75, 3.05) is 23.7 Å². The largest absolute Gasteiger partial charge is 0.393 e. The lowest BCUT2D eigenvalue weighted by atomic mass is 10.1. The van der Waals surface area contributed by atoms with Gasteiger partial charge in [-0.05, 0) is 37.0 Å². The lowest BCUT2D eigenvalue weighted by molar-refractivity contribution is 0.0970. The topological polar surface area (TPSA) is 99.5 Å². The third-order valence-electron chi connectivity index (χ3n) is 4.69. The number of nitrogens with one attached hydrogen (secondary N) is 2. The summed E-state index contributed by atoms with van der Waals surface area (Å²) in [5, 5.41) is 19.3. The summed E-state index contributed by atoms with van der Waals surface area (Å²) in [7, 11) is 1.66. The van der Waals surface area contributed by atoms with E-state index in [1.165, 1.54) is 4.68 Å². The van der Waals surface area contributed by atoms with Crippen LogP contribution in [0.2, 0.25) is 0 Å². The third-order valence-corrected chi connectivity index (χ3v) is 4.69. The van der Waals surface area contributed by atoms with Crippen molar-refractivity contribution in [3.63, 3.8) is 0 Å². The standard InChI is InChI=1S/C19H25N5O3/c1-3-13-5-4-6-14(11-13)20-18(26)16-12-17(22-23(16)2)21-19(27)24-9-7-15(25)8-10-24/h4-6,11-12,15,25H,3,7-10H2,1-2H3,(H,20,26)(H,21,22,27). The Morgan fingerprint density at radius 1 is 1.22 bits per heavy atom. The first-order chi connectivity index (χ1) is 13.0. The number of aryl methyl sites for hydroxylation is 2. The van der Waals surface area contributed by atoms with Crippen LogP contribution in [0.15, 0.2) is 30.3 Å². The highest BCUT2D eigenvalue weighted by atomic mass is 16.3. The van der Waals surface area contributed by atoms with Crippen molar-refractivity contribution in [1.82, 2.24) is 14.7 Å². The van der Waals surface area contributed by atoms with Crippen LogP contribution in [0.5, 0.6) is 0 Å². The van der Waals surface area contributed by atoms with Crippen LogP contribution in [0.1, 0.15) is 35.8 Å². The van der Waals surface area contributed by atoms with Gasteiger partial charge in [-0.15, -0.1) is 0 Å². The van der Waals surface area contributed by atoms with Crippen LogP contribution in [-0.4, -0.2) is 50.9 Å². The van der Waals surface area contributed by atoms with Gasteiger partial charge in [0.05, 0.1) is 6.10 Å². The molecule has 3 rings (SSSR count). The zero-order chi connectivity index (χ0) is 19.4. The monoisotopic (exact) mass is 371 g/mol. The molecule has 0 saturated carbocycles. The van der Waals surface area contributed by atoms with Gasteiger partial charge in [0, 0.05) is 31.9 Å². The Kier molecular flexibility index (Phi) is 5.75. The van der Waals surface area contributed by atoms with Crippen LogP contribution in [0.3, 0.4) is 0 Å². The predicted molar refractivity (Wildman–Crippen MR) is 103 cm³/mol. The quantitative estimate of drug-likeness (QED) is 0.767. The molecule has 3 amide bonds. The van der Waals surface area contributed by atoms with E-state index >= 15 is 0 Å². The number of rotatable bonds is 4. The molecule has 0 aliphatic carbocycles. The number of anilines is 2. The molecule has 2 aromatic rings. The number of hydrogen-bond donors (Lipinski definition) is 3. The summed E-state index contributed by atoms with van der Waals surface area (Å²) >= 11 is 0. The summed E-state index contributed by atoms with van der Waals surface area (Å²) in [5.74, 6) is 0.0286. The molecule has 2 heterocycles. The van der Waals surface area contributed by atoms with Crippen molar-refractivity contribution >= 4 is 23.4 Å². The predicted octanol–water partition coefficient (Wildman–Crippen LogP) is 2.22. The van der Waals surface area contributed by atoms with Crippen molar-refractivity contribution in [2.45, 2.75) is 32.3 Å². The molecule has 0 radical (unpaired) electrons. The summed E-state index contributed by atoms with van der Waals surface area (Å²) in [6.45, 7) is 3.06. The Bertz CT molecular complexity index is 825. The van der Waals surface area contributed by atoms with Gasteiger partial charge in [-0.2, -0.15) is 5.10 Å². The van der Waals surface area contributed by atoms with Gasteiger partial charge in [0.15, 0.2) is 5.82 Å². The lowest BCUT2D eigenvalue weighted by Crippen LogP contribution is -2.42. The van der Waals surface area contributed by atoms with E-state index in [0.717, 1.165) is 17.7 Å². The van der Waals surface area contributed by atoms with Gasteiger partial charge in [0.25, 0.3) is 5.91 Å². The van der Waals surface area contributed by atoms with Crippen LogP contribution in [-0.2, 0) is 13.5 Å². The molecule has 1 fully saturated rings. The van der Waals surface area contributed by atoms with Gasteiger partial charge in [-0.25, -0.2) is 4.79 Å². The van der Waals surface area contributed by atoms with E-state index in [1.807, 2.05) is 24.3 Å². The molecule has 0 atom stereocenters. The second-order valence-electron chi connectivity index (χ2n) is 6.69. The van der Waals surface area contributed by atoms with Gasteiger partial charge < -0.3 is 15.3 Å². The van der Waals surface area contributed by atoms with Crippen molar-refractivity contribution < 1.29 is 14.7 Å². The number of likely N-dealkylation sites (tertiary alicyclic amines) is 1. The fraction of sp³-hybridized carbons (Fsp3) is 0.421. The van der Waals surface area contributed by atoms with Crippen molar-refractivity contribution in [3.05, 3.63) is 41.6 Å². The molecular weight excluding hydrogens is 346 g/mol. The van der Waals surface area contributed by atoms with Crippen molar-refractivity contribution in [3.8, 4) is 0 Å². The first-order valence-electron chi connectivity index (χ1n) is 9.14. The summed E-state index contributed by atoms with van der Waals surface area (Å²) in [6, 6.07) is 8.95. The van der Waals surface area contributed by atoms with E-state index in [9.17, 15) is 14.7 Å². The fourth-order valence-corrected chi connectivity index (χ4v) is 3.06. The molecule has 1 aliphatic heterocycles. The summed E-state index contributed by atoms with van der Waals surface area (Å²) in [4.78, 5) is 26.5. The van der Waals surface area contributed by atoms with Crippen LogP contribution < -0.4 is 10.6 Å². The maximum absolute atomic E-state index is 12.5. The summed E-state index contributed by atoms with van der Waals surface area (Å²) in [5.41, 5.74) is 2.21. The van der Waals surface area contributed by atoms with E-state index < -0.39 is 0 Å². The van der Waals surface area contributed by atoms with Crippen LogP contribution in [0.4, 0.5) is 16.3 Å². The Labute approximate surface area is 158 Å². The number of hydrogen-bond acceptors (Lipinski definition) is 4. The highest BCUT2D eigenvalue weighted by Gasteiger charge is 2.22. The zero-order valence-corrected chi connectivity index (χ0v) is 15.6. The minimum atomic E-state index is -0.342. The van der Waals surface area contributed by atoms with Crippen molar-refractivity contribution in [1.29, 1.82) is 0 Å². The molecule has 1 aromatic carbocycles. The molecular formula is C19H25N5O3. The number of nitrogens with zero attached hydrogens (tertiary/aromatic N) is 3. The van der Waals surface area contributed by atoms with Crippen LogP contribution >= 0.6 is 0 Å². The number of carbonyl (C=O) groups is 2. The van der Waals surface area contributed by atoms with E-state index in [2.05, 4.69) is 22.7 Å². The zero-order valence-electron chi connectivity index (χ0n) is 15.6. The Morgan fingerprint density at radius 3 is 2.67 bits per heavy atom.